The maximum atomic E-state index is 11.3. The number of aromatic nitrogens is 2. The lowest BCUT2D eigenvalue weighted by atomic mass is 10.1. The Morgan fingerprint density at radius 3 is 2.71 bits per heavy atom. The number of rotatable bonds is 3. The molecule has 0 spiro atoms. The van der Waals surface area contributed by atoms with Crippen LogP contribution in [-0.4, -0.2) is 22.4 Å². The molecule has 0 amide bonds. The number of methoxy groups -OCH3 is 1. The minimum atomic E-state index is 0.0247. The summed E-state index contributed by atoms with van der Waals surface area (Å²) in [4.78, 5) is 15.5. The lowest BCUT2D eigenvalue weighted by molar-refractivity contribution is 0.101. The molecule has 0 saturated heterocycles. The van der Waals surface area contributed by atoms with Crippen LogP contribution in [0.4, 0.5) is 0 Å². The van der Waals surface area contributed by atoms with Gasteiger partial charge in [-0.2, -0.15) is 0 Å². The third-order valence-corrected chi connectivity index (χ3v) is 2.58. The number of Topliss-reactive ketones (excluding diaryl/α,β-unsaturated/α-hetero) is 1. The predicted octanol–water partition coefficient (Wildman–Crippen LogP) is 2.39. The number of ketones is 1. The third kappa shape index (κ3) is 2.20. The van der Waals surface area contributed by atoms with Crippen molar-refractivity contribution >= 4 is 5.78 Å². The van der Waals surface area contributed by atoms with Crippen LogP contribution in [0.2, 0.25) is 0 Å². The molecular weight excluding hydrogens is 216 g/mol. The number of hydrogen-bond acceptors (Lipinski definition) is 3. The van der Waals surface area contributed by atoms with Crippen molar-refractivity contribution < 1.29 is 9.53 Å². The summed E-state index contributed by atoms with van der Waals surface area (Å²) < 4.78 is 7.17. The summed E-state index contributed by atoms with van der Waals surface area (Å²) in [6, 6.07) is 5.39. The number of benzene rings is 1. The number of carbonyl (C=O) groups excluding carboxylic acids is 1. The zero-order valence-corrected chi connectivity index (χ0v) is 10.1. The van der Waals surface area contributed by atoms with E-state index in [1.165, 1.54) is 6.92 Å². The normalized spacial score (nSPS) is 10.3. The van der Waals surface area contributed by atoms with Gasteiger partial charge in [0.25, 0.3) is 0 Å². The van der Waals surface area contributed by atoms with E-state index in [2.05, 4.69) is 4.98 Å². The number of carbonyl (C=O) groups is 1. The number of imidazole rings is 1. The maximum absolute atomic E-state index is 11.3. The van der Waals surface area contributed by atoms with Crippen LogP contribution in [0.25, 0.3) is 5.69 Å². The molecule has 0 radical (unpaired) electrons. The summed E-state index contributed by atoms with van der Waals surface area (Å²) in [7, 11) is 1.59. The van der Waals surface area contributed by atoms with Crippen molar-refractivity contribution in [1.29, 1.82) is 0 Å². The monoisotopic (exact) mass is 230 g/mol. The fourth-order valence-electron chi connectivity index (χ4n) is 1.66. The van der Waals surface area contributed by atoms with E-state index >= 15 is 0 Å². The molecule has 1 aromatic carbocycles. The van der Waals surface area contributed by atoms with Crippen molar-refractivity contribution in [2.75, 3.05) is 7.11 Å². The average molecular weight is 230 g/mol. The van der Waals surface area contributed by atoms with Crippen LogP contribution in [0.5, 0.6) is 5.75 Å². The van der Waals surface area contributed by atoms with E-state index < -0.39 is 0 Å². The molecule has 0 aliphatic rings. The summed E-state index contributed by atoms with van der Waals surface area (Å²) in [6.45, 7) is 3.46. The lowest BCUT2D eigenvalue weighted by Gasteiger charge is -2.10. The highest BCUT2D eigenvalue weighted by atomic mass is 16.5. The molecule has 0 aliphatic heterocycles. The van der Waals surface area contributed by atoms with Crippen LogP contribution < -0.4 is 4.74 Å². The first-order valence-corrected chi connectivity index (χ1v) is 5.32. The Balaban J connectivity index is 2.51. The van der Waals surface area contributed by atoms with Gasteiger partial charge in [0.05, 0.1) is 24.8 Å². The van der Waals surface area contributed by atoms with Crippen LogP contribution in [-0.2, 0) is 0 Å². The van der Waals surface area contributed by atoms with Gasteiger partial charge in [-0.05, 0) is 32.0 Å². The molecule has 0 N–H and O–H groups in total. The quantitative estimate of drug-likeness (QED) is 0.760. The van der Waals surface area contributed by atoms with Crippen LogP contribution in [0.3, 0.4) is 0 Å². The van der Waals surface area contributed by atoms with Gasteiger partial charge in [0.1, 0.15) is 5.75 Å². The molecule has 0 unspecified atom stereocenters. The highest BCUT2D eigenvalue weighted by Crippen LogP contribution is 2.24. The Labute approximate surface area is 99.9 Å². The summed E-state index contributed by atoms with van der Waals surface area (Å²) in [5, 5.41) is 0. The van der Waals surface area contributed by atoms with E-state index in [1.807, 2.05) is 23.8 Å². The van der Waals surface area contributed by atoms with Gasteiger partial charge < -0.3 is 9.30 Å². The van der Waals surface area contributed by atoms with Crippen molar-refractivity contribution in [3.63, 3.8) is 0 Å². The molecule has 1 heterocycles. The Morgan fingerprint density at radius 2 is 2.18 bits per heavy atom. The molecule has 0 aliphatic carbocycles. The second kappa shape index (κ2) is 4.41. The molecule has 4 heteroatoms. The van der Waals surface area contributed by atoms with Crippen molar-refractivity contribution in [3.8, 4) is 11.4 Å². The van der Waals surface area contributed by atoms with Crippen molar-refractivity contribution in [2.45, 2.75) is 13.8 Å². The molecule has 1 aromatic heterocycles. The highest BCUT2D eigenvalue weighted by molar-refractivity contribution is 5.94. The van der Waals surface area contributed by atoms with Gasteiger partial charge in [0.2, 0.25) is 0 Å². The van der Waals surface area contributed by atoms with Gasteiger partial charge in [-0.3, -0.25) is 4.79 Å². The van der Waals surface area contributed by atoms with Gasteiger partial charge in [0, 0.05) is 11.8 Å². The molecule has 2 aromatic rings. The lowest BCUT2D eigenvalue weighted by Crippen LogP contribution is -1.99. The number of aryl methyl sites for hydroxylation is 1. The predicted molar refractivity (Wildman–Crippen MR) is 64.9 cm³/mol. The molecular formula is C13H14N2O2. The summed E-state index contributed by atoms with van der Waals surface area (Å²) in [6.07, 6.45) is 3.63. The zero-order valence-electron chi connectivity index (χ0n) is 10.1. The number of nitrogens with zero attached hydrogens (tertiary/aromatic N) is 2. The van der Waals surface area contributed by atoms with E-state index in [9.17, 15) is 4.79 Å². The number of hydrogen-bond donors (Lipinski definition) is 0. The van der Waals surface area contributed by atoms with Crippen LogP contribution >= 0.6 is 0 Å². The maximum Gasteiger partial charge on any atom is 0.159 e. The second-order valence-electron chi connectivity index (χ2n) is 3.87. The van der Waals surface area contributed by atoms with Gasteiger partial charge in [0.15, 0.2) is 5.78 Å². The topological polar surface area (TPSA) is 44.1 Å². The van der Waals surface area contributed by atoms with Crippen LogP contribution in [0.1, 0.15) is 23.0 Å². The fourth-order valence-corrected chi connectivity index (χ4v) is 1.66. The van der Waals surface area contributed by atoms with Crippen LogP contribution in [0.15, 0.2) is 30.7 Å². The van der Waals surface area contributed by atoms with Crippen molar-refractivity contribution in [3.05, 3.63) is 42.0 Å². The SMILES string of the molecule is COc1cc(C(C)=O)ccc1-n1cnc(C)c1. The van der Waals surface area contributed by atoms with Gasteiger partial charge in [-0.1, -0.05) is 0 Å². The van der Waals surface area contributed by atoms with E-state index in [-0.39, 0.29) is 5.78 Å². The van der Waals surface area contributed by atoms with Crippen LogP contribution in [0, 0.1) is 6.92 Å². The average Bonchev–Trinajstić information content (AvgIpc) is 2.74. The molecule has 4 nitrogen and oxygen atoms in total. The Hall–Kier alpha value is -2.10. The molecule has 88 valence electrons. The first-order valence-electron chi connectivity index (χ1n) is 5.32. The summed E-state index contributed by atoms with van der Waals surface area (Å²) in [5.41, 5.74) is 2.45. The van der Waals surface area contributed by atoms with E-state index in [0.717, 1.165) is 11.4 Å². The largest absolute Gasteiger partial charge is 0.495 e. The first-order chi connectivity index (χ1) is 8.11. The van der Waals surface area contributed by atoms with Crippen molar-refractivity contribution in [1.82, 2.24) is 9.55 Å². The highest BCUT2D eigenvalue weighted by Gasteiger charge is 2.08. The molecule has 0 fully saturated rings. The van der Waals surface area contributed by atoms with Gasteiger partial charge >= 0.3 is 0 Å². The number of ether oxygens (including phenoxy) is 1. The Bertz CT molecular complexity index is 558. The molecule has 2 rings (SSSR count). The molecule has 0 bridgehead atoms. The Kier molecular flexibility index (Phi) is 2.95. The Morgan fingerprint density at radius 1 is 1.41 bits per heavy atom. The fraction of sp³-hybridized carbons (Fsp3) is 0.231. The summed E-state index contributed by atoms with van der Waals surface area (Å²) >= 11 is 0. The van der Waals surface area contributed by atoms with E-state index in [4.69, 9.17) is 4.74 Å². The second-order valence-corrected chi connectivity index (χ2v) is 3.87. The molecule has 0 atom stereocenters. The standard InChI is InChI=1S/C13H14N2O2/c1-9-7-15(8-14-9)12-5-4-11(10(2)16)6-13(12)17-3/h4-8H,1-3H3. The third-order valence-electron chi connectivity index (χ3n) is 2.58. The smallest absolute Gasteiger partial charge is 0.159 e. The minimum absolute atomic E-state index is 0.0247. The molecule has 17 heavy (non-hydrogen) atoms. The first kappa shape index (κ1) is 11.4. The van der Waals surface area contributed by atoms with Gasteiger partial charge in [-0.25, -0.2) is 4.98 Å². The zero-order chi connectivity index (χ0) is 12.4. The summed E-state index contributed by atoms with van der Waals surface area (Å²) in [5.74, 6) is 0.687. The molecule has 0 saturated carbocycles. The van der Waals surface area contributed by atoms with Gasteiger partial charge in [-0.15, -0.1) is 0 Å². The van der Waals surface area contributed by atoms with Crippen molar-refractivity contribution in [2.24, 2.45) is 0 Å². The minimum Gasteiger partial charge on any atom is -0.495 e. The van der Waals surface area contributed by atoms with E-state index in [0.29, 0.717) is 11.3 Å². The van der Waals surface area contributed by atoms with E-state index in [1.54, 1.807) is 25.6 Å².